The number of carboxylic acids is 1. The van der Waals surface area contributed by atoms with Crippen molar-refractivity contribution >= 4 is 5.97 Å². The zero-order valence-electron chi connectivity index (χ0n) is 9.60. The van der Waals surface area contributed by atoms with Crippen molar-refractivity contribution in [2.75, 3.05) is 0 Å². The fourth-order valence-electron chi connectivity index (χ4n) is 1.77. The van der Waals surface area contributed by atoms with Crippen molar-refractivity contribution < 1.29 is 9.90 Å². The monoisotopic (exact) mass is 223 g/mol. The van der Waals surface area contributed by atoms with Crippen LogP contribution in [-0.2, 0) is 11.3 Å². The molecule has 1 saturated carbocycles. The summed E-state index contributed by atoms with van der Waals surface area (Å²) in [6.07, 6.45) is 2.17. The van der Waals surface area contributed by atoms with Gasteiger partial charge in [0.1, 0.15) is 6.04 Å². The molecular weight excluding hydrogens is 206 g/mol. The van der Waals surface area contributed by atoms with Gasteiger partial charge >= 0.3 is 5.97 Å². The Hall–Kier alpha value is -1.36. The Balaban J connectivity index is 2.03. The van der Waals surface area contributed by atoms with Gasteiger partial charge in [0, 0.05) is 11.7 Å². The van der Waals surface area contributed by atoms with E-state index in [2.05, 4.69) is 10.4 Å². The highest BCUT2D eigenvalue weighted by Crippen LogP contribution is 2.19. The third-order valence-electron chi connectivity index (χ3n) is 2.77. The second-order valence-electron chi connectivity index (χ2n) is 4.44. The van der Waals surface area contributed by atoms with Gasteiger partial charge < -0.3 is 10.4 Å². The molecule has 0 amide bonds. The average molecular weight is 223 g/mol. The molecule has 1 atom stereocenters. The van der Waals surface area contributed by atoms with Crippen molar-refractivity contribution in [2.45, 2.75) is 45.3 Å². The second kappa shape index (κ2) is 4.25. The number of carbonyl (C=O) groups is 1. The Labute approximate surface area is 94.5 Å². The first-order chi connectivity index (χ1) is 7.56. The largest absolute Gasteiger partial charge is 0.480 e. The van der Waals surface area contributed by atoms with E-state index in [-0.39, 0.29) is 0 Å². The molecule has 1 aliphatic rings. The van der Waals surface area contributed by atoms with Crippen LogP contribution in [0.25, 0.3) is 0 Å². The van der Waals surface area contributed by atoms with Gasteiger partial charge in [0.05, 0.1) is 12.2 Å². The van der Waals surface area contributed by atoms with Crippen LogP contribution in [0.15, 0.2) is 6.07 Å². The Morgan fingerprint density at radius 1 is 1.69 bits per heavy atom. The van der Waals surface area contributed by atoms with Crippen LogP contribution in [0.5, 0.6) is 0 Å². The van der Waals surface area contributed by atoms with Crippen LogP contribution in [0.2, 0.25) is 0 Å². The van der Waals surface area contributed by atoms with Crippen LogP contribution in [0.4, 0.5) is 0 Å². The van der Waals surface area contributed by atoms with E-state index in [0.29, 0.717) is 12.6 Å². The molecule has 1 aromatic heterocycles. The van der Waals surface area contributed by atoms with Gasteiger partial charge in [0.2, 0.25) is 0 Å². The number of nitrogens with one attached hydrogen (secondary N) is 1. The van der Waals surface area contributed by atoms with E-state index in [9.17, 15) is 4.79 Å². The molecule has 0 spiro atoms. The molecule has 1 aliphatic carbocycles. The Bertz CT molecular complexity index is 396. The lowest BCUT2D eigenvalue weighted by molar-refractivity contribution is -0.140. The summed E-state index contributed by atoms with van der Waals surface area (Å²) < 4.78 is 1.75. The molecule has 5 nitrogen and oxygen atoms in total. The number of nitrogens with zero attached hydrogens (tertiary/aromatic N) is 2. The molecule has 2 N–H and O–H groups in total. The minimum absolute atomic E-state index is 0.387. The normalized spacial score (nSPS) is 17.4. The number of aliphatic carboxylic acids is 1. The van der Waals surface area contributed by atoms with Crippen LogP contribution >= 0.6 is 0 Å². The van der Waals surface area contributed by atoms with Crippen molar-refractivity contribution in [3.63, 3.8) is 0 Å². The molecule has 1 unspecified atom stereocenters. The van der Waals surface area contributed by atoms with Crippen LogP contribution in [0.3, 0.4) is 0 Å². The predicted molar refractivity (Wildman–Crippen MR) is 59.3 cm³/mol. The van der Waals surface area contributed by atoms with Crippen molar-refractivity contribution in [3.8, 4) is 0 Å². The van der Waals surface area contributed by atoms with E-state index in [4.69, 9.17) is 5.11 Å². The Morgan fingerprint density at radius 2 is 2.38 bits per heavy atom. The lowest BCUT2D eigenvalue weighted by Crippen LogP contribution is -2.41. The third kappa shape index (κ3) is 2.61. The van der Waals surface area contributed by atoms with Gasteiger partial charge in [-0.1, -0.05) is 0 Å². The molecule has 0 saturated heterocycles. The van der Waals surface area contributed by atoms with Crippen LogP contribution in [0.1, 0.15) is 24.2 Å². The smallest absolute Gasteiger partial charge is 0.322 e. The summed E-state index contributed by atoms with van der Waals surface area (Å²) in [6.45, 7) is 4.25. The molecular formula is C11H17N3O2. The van der Waals surface area contributed by atoms with Crippen molar-refractivity contribution in [1.29, 1.82) is 0 Å². The van der Waals surface area contributed by atoms with Crippen molar-refractivity contribution in [3.05, 3.63) is 17.5 Å². The third-order valence-corrected chi connectivity index (χ3v) is 2.77. The summed E-state index contributed by atoms with van der Waals surface area (Å²) in [6, 6.07) is 1.80. The first-order valence-electron chi connectivity index (χ1n) is 5.56. The summed E-state index contributed by atoms with van der Waals surface area (Å²) in [5.41, 5.74) is 1.93. The maximum Gasteiger partial charge on any atom is 0.322 e. The fraction of sp³-hybridized carbons (Fsp3) is 0.636. The summed E-state index contributed by atoms with van der Waals surface area (Å²) in [5, 5.41) is 16.5. The molecule has 0 aliphatic heterocycles. The highest BCUT2D eigenvalue weighted by molar-refractivity contribution is 5.73. The van der Waals surface area contributed by atoms with E-state index < -0.39 is 12.0 Å². The first-order valence-corrected chi connectivity index (χ1v) is 5.56. The van der Waals surface area contributed by atoms with Crippen LogP contribution < -0.4 is 5.32 Å². The zero-order valence-corrected chi connectivity index (χ0v) is 9.60. The SMILES string of the molecule is Cc1cc(C)n(CC(NC2CC2)C(=O)O)n1. The number of carboxylic acid groups (broad SMARTS) is 1. The fourth-order valence-corrected chi connectivity index (χ4v) is 1.77. The zero-order chi connectivity index (χ0) is 11.7. The summed E-state index contributed by atoms with van der Waals surface area (Å²) in [4.78, 5) is 11.1. The molecule has 5 heteroatoms. The quantitative estimate of drug-likeness (QED) is 0.771. The molecule has 16 heavy (non-hydrogen) atoms. The molecule has 88 valence electrons. The van der Waals surface area contributed by atoms with Crippen molar-refractivity contribution in [1.82, 2.24) is 15.1 Å². The van der Waals surface area contributed by atoms with Gasteiger partial charge in [-0.2, -0.15) is 5.10 Å². The van der Waals surface area contributed by atoms with Gasteiger partial charge in [-0.15, -0.1) is 0 Å². The van der Waals surface area contributed by atoms with Gasteiger partial charge in [0.25, 0.3) is 0 Å². The van der Waals surface area contributed by atoms with Gasteiger partial charge in [-0.25, -0.2) is 0 Å². The van der Waals surface area contributed by atoms with Crippen LogP contribution in [0, 0.1) is 13.8 Å². The number of rotatable bonds is 5. The lowest BCUT2D eigenvalue weighted by Gasteiger charge is -2.14. The van der Waals surface area contributed by atoms with Crippen LogP contribution in [-0.4, -0.2) is 32.9 Å². The summed E-state index contributed by atoms with van der Waals surface area (Å²) in [5.74, 6) is -0.806. The van der Waals surface area contributed by atoms with E-state index in [1.165, 1.54) is 0 Å². The summed E-state index contributed by atoms with van der Waals surface area (Å²) >= 11 is 0. The van der Waals surface area contributed by atoms with E-state index >= 15 is 0 Å². The maximum absolute atomic E-state index is 11.1. The molecule has 1 heterocycles. The number of hydrogen-bond acceptors (Lipinski definition) is 3. The van der Waals surface area contributed by atoms with E-state index in [0.717, 1.165) is 24.2 Å². The predicted octanol–water partition coefficient (Wildman–Crippen LogP) is 0.705. The Morgan fingerprint density at radius 3 is 2.81 bits per heavy atom. The minimum atomic E-state index is -0.806. The molecule has 2 rings (SSSR count). The summed E-state index contributed by atoms with van der Waals surface area (Å²) in [7, 11) is 0. The molecule has 0 aromatic carbocycles. The average Bonchev–Trinajstić information content (AvgIpc) is 2.93. The highest BCUT2D eigenvalue weighted by Gasteiger charge is 2.28. The van der Waals surface area contributed by atoms with Crippen molar-refractivity contribution in [2.24, 2.45) is 0 Å². The number of aryl methyl sites for hydroxylation is 2. The topological polar surface area (TPSA) is 67.2 Å². The Kier molecular flexibility index (Phi) is 2.96. The molecule has 1 fully saturated rings. The van der Waals surface area contributed by atoms with Gasteiger partial charge in [-0.3, -0.25) is 9.48 Å². The number of hydrogen-bond donors (Lipinski definition) is 2. The van der Waals surface area contributed by atoms with Gasteiger partial charge in [-0.05, 0) is 32.8 Å². The minimum Gasteiger partial charge on any atom is -0.480 e. The first kappa shape index (κ1) is 11.1. The molecule has 0 bridgehead atoms. The molecule has 0 radical (unpaired) electrons. The van der Waals surface area contributed by atoms with E-state index in [1.807, 2.05) is 19.9 Å². The standard InChI is InChI=1S/C11H17N3O2/c1-7-5-8(2)14(13-7)6-10(11(15)16)12-9-3-4-9/h5,9-10,12H,3-4,6H2,1-2H3,(H,15,16). The highest BCUT2D eigenvalue weighted by atomic mass is 16.4. The van der Waals surface area contributed by atoms with Gasteiger partial charge in [0.15, 0.2) is 0 Å². The van der Waals surface area contributed by atoms with E-state index in [1.54, 1.807) is 4.68 Å². The maximum atomic E-state index is 11.1. The second-order valence-corrected chi connectivity index (χ2v) is 4.44. The molecule has 1 aromatic rings. The lowest BCUT2D eigenvalue weighted by atomic mass is 10.3. The number of aromatic nitrogens is 2.